The summed E-state index contributed by atoms with van der Waals surface area (Å²) in [4.78, 5) is 40.0. The van der Waals surface area contributed by atoms with Crippen LogP contribution in [0.2, 0.25) is 0 Å². The lowest BCUT2D eigenvalue weighted by molar-refractivity contribution is -0.163. The van der Waals surface area contributed by atoms with Gasteiger partial charge in [-0.05, 0) is 63.8 Å². The average Bonchev–Trinajstić information content (AvgIpc) is 3.14. The molecule has 1 aromatic rings. The van der Waals surface area contributed by atoms with Crippen molar-refractivity contribution in [2.24, 2.45) is 5.92 Å². The highest BCUT2D eigenvalue weighted by Gasteiger charge is 2.40. The monoisotopic (exact) mass is 404 g/mol. The average molecular weight is 405 g/mol. The van der Waals surface area contributed by atoms with Crippen molar-refractivity contribution in [3.8, 4) is 5.75 Å². The van der Waals surface area contributed by atoms with Crippen molar-refractivity contribution in [2.75, 3.05) is 13.7 Å². The van der Waals surface area contributed by atoms with Gasteiger partial charge in [0.15, 0.2) is 0 Å². The Balaban J connectivity index is 2.13. The first-order valence-electron chi connectivity index (χ1n) is 10.0. The maximum Gasteiger partial charge on any atom is 0.329 e. The fourth-order valence-electron chi connectivity index (χ4n) is 3.30. The number of carbonyl (C=O) groups is 3. The van der Waals surface area contributed by atoms with Crippen molar-refractivity contribution in [2.45, 2.75) is 65.1 Å². The largest absolute Gasteiger partial charge is 0.497 e. The number of amides is 2. The van der Waals surface area contributed by atoms with Gasteiger partial charge in [-0.1, -0.05) is 13.8 Å². The molecule has 1 aliphatic heterocycles. The number of ether oxygens (including phenoxy) is 2. The molecule has 1 heterocycles. The van der Waals surface area contributed by atoms with Crippen LogP contribution in [0.1, 0.15) is 57.8 Å². The predicted octanol–water partition coefficient (Wildman–Crippen LogP) is 2.78. The van der Waals surface area contributed by atoms with Crippen molar-refractivity contribution < 1.29 is 23.9 Å². The Bertz CT molecular complexity index is 737. The molecule has 2 amide bonds. The summed E-state index contributed by atoms with van der Waals surface area (Å²) in [5.74, 6) is -0.477. The van der Waals surface area contributed by atoms with Crippen LogP contribution in [-0.2, 0) is 14.3 Å². The molecule has 0 aliphatic carbocycles. The van der Waals surface area contributed by atoms with Crippen molar-refractivity contribution in [1.29, 1.82) is 0 Å². The summed E-state index contributed by atoms with van der Waals surface area (Å²) >= 11 is 0. The number of carbonyl (C=O) groups excluding carboxylic acids is 3. The van der Waals surface area contributed by atoms with Gasteiger partial charge in [0.25, 0.3) is 5.91 Å². The highest BCUT2D eigenvalue weighted by atomic mass is 16.6. The van der Waals surface area contributed by atoms with Gasteiger partial charge in [0.1, 0.15) is 23.4 Å². The molecule has 1 N–H and O–H groups in total. The molecule has 2 rings (SSSR count). The van der Waals surface area contributed by atoms with Gasteiger partial charge < -0.3 is 19.7 Å². The van der Waals surface area contributed by atoms with Crippen molar-refractivity contribution >= 4 is 17.8 Å². The van der Waals surface area contributed by atoms with Gasteiger partial charge >= 0.3 is 5.97 Å². The van der Waals surface area contributed by atoms with Gasteiger partial charge in [-0.15, -0.1) is 0 Å². The van der Waals surface area contributed by atoms with Gasteiger partial charge in [0.2, 0.25) is 5.91 Å². The van der Waals surface area contributed by atoms with E-state index in [1.165, 1.54) is 0 Å². The number of methoxy groups -OCH3 is 1. The van der Waals surface area contributed by atoms with E-state index in [-0.39, 0.29) is 17.7 Å². The van der Waals surface area contributed by atoms with E-state index in [0.717, 1.165) is 6.42 Å². The maximum absolute atomic E-state index is 13.2. The van der Waals surface area contributed by atoms with Crippen molar-refractivity contribution in [1.82, 2.24) is 10.2 Å². The SMILES string of the molecule is COc1ccc(C(=O)NC(C(=O)N2CCCC2C(=O)OC(C)(C)C)C(C)C)cc1. The molecular weight excluding hydrogens is 372 g/mol. The summed E-state index contributed by atoms with van der Waals surface area (Å²) in [6, 6.07) is 5.35. The molecule has 1 fully saturated rings. The zero-order valence-corrected chi connectivity index (χ0v) is 18.2. The number of benzene rings is 1. The van der Waals surface area contributed by atoms with E-state index in [4.69, 9.17) is 9.47 Å². The molecule has 1 aliphatic rings. The minimum atomic E-state index is -0.729. The van der Waals surface area contributed by atoms with E-state index in [9.17, 15) is 14.4 Å². The minimum Gasteiger partial charge on any atom is -0.497 e. The van der Waals surface area contributed by atoms with E-state index < -0.39 is 23.7 Å². The van der Waals surface area contributed by atoms with Gasteiger partial charge in [-0.2, -0.15) is 0 Å². The van der Waals surface area contributed by atoms with E-state index >= 15 is 0 Å². The fraction of sp³-hybridized carbons (Fsp3) is 0.591. The van der Waals surface area contributed by atoms with E-state index in [0.29, 0.717) is 24.3 Å². The van der Waals surface area contributed by atoms with Crippen LogP contribution in [0, 0.1) is 5.92 Å². The van der Waals surface area contributed by atoms with Gasteiger partial charge in [0.05, 0.1) is 7.11 Å². The lowest BCUT2D eigenvalue weighted by Crippen LogP contribution is -2.54. The molecule has 7 heteroatoms. The molecule has 0 spiro atoms. The van der Waals surface area contributed by atoms with Gasteiger partial charge in [-0.3, -0.25) is 9.59 Å². The van der Waals surface area contributed by atoms with Crippen LogP contribution >= 0.6 is 0 Å². The molecule has 29 heavy (non-hydrogen) atoms. The highest BCUT2D eigenvalue weighted by Crippen LogP contribution is 2.23. The van der Waals surface area contributed by atoms with Crippen LogP contribution in [-0.4, -0.2) is 54.0 Å². The van der Waals surface area contributed by atoms with E-state index in [1.807, 2.05) is 13.8 Å². The second kappa shape index (κ2) is 9.29. The second-order valence-corrected chi connectivity index (χ2v) is 8.65. The number of nitrogens with one attached hydrogen (secondary N) is 1. The van der Waals surface area contributed by atoms with Gasteiger partial charge in [0, 0.05) is 12.1 Å². The summed E-state index contributed by atoms with van der Waals surface area (Å²) in [5, 5.41) is 2.83. The van der Waals surface area contributed by atoms with Gasteiger partial charge in [-0.25, -0.2) is 4.79 Å². The van der Waals surface area contributed by atoms with Crippen LogP contribution in [0.5, 0.6) is 5.75 Å². The van der Waals surface area contributed by atoms with Crippen LogP contribution in [0.15, 0.2) is 24.3 Å². The first kappa shape index (κ1) is 22.7. The Morgan fingerprint density at radius 1 is 1.14 bits per heavy atom. The lowest BCUT2D eigenvalue weighted by atomic mass is 10.0. The maximum atomic E-state index is 13.2. The molecule has 0 radical (unpaired) electrons. The fourth-order valence-corrected chi connectivity index (χ4v) is 3.30. The molecule has 1 aromatic carbocycles. The summed E-state index contributed by atoms with van der Waals surface area (Å²) in [6.07, 6.45) is 1.30. The van der Waals surface area contributed by atoms with Crippen LogP contribution < -0.4 is 10.1 Å². The third kappa shape index (κ3) is 5.95. The first-order valence-corrected chi connectivity index (χ1v) is 10.0. The molecule has 2 unspecified atom stereocenters. The summed E-state index contributed by atoms with van der Waals surface area (Å²) in [7, 11) is 1.56. The zero-order chi connectivity index (χ0) is 21.8. The normalized spacial score (nSPS) is 17.8. The molecule has 0 bridgehead atoms. The lowest BCUT2D eigenvalue weighted by Gasteiger charge is -2.31. The summed E-state index contributed by atoms with van der Waals surface area (Å²) < 4.78 is 10.6. The Kier molecular flexibility index (Phi) is 7.27. The highest BCUT2D eigenvalue weighted by molar-refractivity contribution is 5.98. The van der Waals surface area contributed by atoms with Crippen molar-refractivity contribution in [3.63, 3.8) is 0 Å². The number of hydrogen-bond acceptors (Lipinski definition) is 5. The Morgan fingerprint density at radius 3 is 2.28 bits per heavy atom. The van der Waals surface area contributed by atoms with Crippen LogP contribution in [0.4, 0.5) is 0 Å². The number of nitrogens with zero attached hydrogens (tertiary/aromatic N) is 1. The zero-order valence-electron chi connectivity index (χ0n) is 18.2. The standard InChI is InChI=1S/C22H32N2O5/c1-14(2)18(23-19(25)15-9-11-16(28-6)12-10-15)20(26)24-13-7-8-17(24)21(27)29-22(3,4)5/h9-12,14,17-18H,7-8,13H2,1-6H3,(H,23,25). The molecular formula is C22H32N2O5. The number of esters is 1. The summed E-state index contributed by atoms with van der Waals surface area (Å²) in [5.41, 5.74) is -0.177. The van der Waals surface area contributed by atoms with Crippen LogP contribution in [0.25, 0.3) is 0 Å². The molecule has 160 valence electrons. The molecule has 1 saturated heterocycles. The summed E-state index contributed by atoms with van der Waals surface area (Å²) in [6.45, 7) is 9.63. The third-order valence-corrected chi connectivity index (χ3v) is 4.79. The minimum absolute atomic E-state index is 0.135. The molecule has 0 aromatic heterocycles. The number of likely N-dealkylation sites (tertiary alicyclic amines) is 1. The molecule has 7 nitrogen and oxygen atoms in total. The molecule has 2 atom stereocenters. The van der Waals surface area contributed by atoms with E-state index in [1.54, 1.807) is 57.0 Å². The Morgan fingerprint density at radius 2 is 1.76 bits per heavy atom. The third-order valence-electron chi connectivity index (χ3n) is 4.79. The Labute approximate surface area is 172 Å². The second-order valence-electron chi connectivity index (χ2n) is 8.65. The topological polar surface area (TPSA) is 84.9 Å². The quantitative estimate of drug-likeness (QED) is 0.737. The smallest absolute Gasteiger partial charge is 0.329 e. The Hall–Kier alpha value is -2.57. The first-order chi connectivity index (χ1) is 13.5. The predicted molar refractivity (Wildman–Crippen MR) is 110 cm³/mol. The van der Waals surface area contributed by atoms with Crippen molar-refractivity contribution in [3.05, 3.63) is 29.8 Å². The number of rotatable bonds is 6. The molecule has 0 saturated carbocycles. The van der Waals surface area contributed by atoms with E-state index in [2.05, 4.69) is 5.32 Å². The number of hydrogen-bond donors (Lipinski definition) is 1. The van der Waals surface area contributed by atoms with Crippen LogP contribution in [0.3, 0.4) is 0 Å².